The van der Waals surface area contributed by atoms with Crippen LogP contribution in [-0.2, 0) is 11.0 Å². The van der Waals surface area contributed by atoms with Crippen molar-refractivity contribution in [2.75, 3.05) is 31.1 Å². The molecule has 1 aliphatic rings. The highest BCUT2D eigenvalue weighted by molar-refractivity contribution is 5.91. The fourth-order valence-corrected chi connectivity index (χ4v) is 3.42. The smallest absolute Gasteiger partial charge is 0.355 e. The Balaban J connectivity index is 1.38. The van der Waals surface area contributed by atoms with Crippen LogP contribution in [0.1, 0.15) is 17.7 Å². The van der Waals surface area contributed by atoms with Gasteiger partial charge in [-0.25, -0.2) is 9.97 Å². The first-order valence-electron chi connectivity index (χ1n) is 9.87. The molecule has 0 radical (unpaired) electrons. The number of anilines is 1. The molecule has 1 fully saturated rings. The number of aromatic nitrogens is 3. The van der Waals surface area contributed by atoms with E-state index in [1.807, 2.05) is 29.2 Å². The highest BCUT2D eigenvalue weighted by atomic mass is 19.4. The molecule has 1 amide bonds. The van der Waals surface area contributed by atoms with E-state index >= 15 is 0 Å². The lowest BCUT2D eigenvalue weighted by molar-refractivity contribution is -0.137. The third-order valence-electron chi connectivity index (χ3n) is 5.07. The second kappa shape index (κ2) is 8.71. The standard InChI is InChI=1S/C22H20F3N5O/c23-22(24,25)16-6-8-20(27-14-16)29-10-3-11-30(13-12-29)21(31)9-7-17-15-26-18-4-1-2-5-19(18)28-17/h1-2,4-9,14-15H,3,10-13H2/b9-7+. The van der Waals surface area contributed by atoms with Crippen LogP contribution >= 0.6 is 0 Å². The Hall–Kier alpha value is -3.49. The normalized spacial score (nSPS) is 15.5. The van der Waals surface area contributed by atoms with Gasteiger partial charge in [0.1, 0.15) is 5.82 Å². The zero-order valence-electron chi connectivity index (χ0n) is 16.6. The van der Waals surface area contributed by atoms with Crippen molar-refractivity contribution in [2.45, 2.75) is 12.6 Å². The third-order valence-corrected chi connectivity index (χ3v) is 5.07. The lowest BCUT2D eigenvalue weighted by Gasteiger charge is -2.22. The summed E-state index contributed by atoms with van der Waals surface area (Å²) in [5.41, 5.74) is 1.37. The third kappa shape index (κ3) is 4.99. The van der Waals surface area contributed by atoms with Crippen LogP contribution in [0.2, 0.25) is 0 Å². The number of para-hydroxylation sites is 2. The quantitative estimate of drug-likeness (QED) is 0.595. The Labute approximate surface area is 177 Å². The summed E-state index contributed by atoms with van der Waals surface area (Å²) in [4.78, 5) is 29.0. The largest absolute Gasteiger partial charge is 0.417 e. The molecule has 2 aromatic heterocycles. The number of carbonyl (C=O) groups is 1. The van der Waals surface area contributed by atoms with E-state index in [0.29, 0.717) is 44.1 Å². The highest BCUT2D eigenvalue weighted by Gasteiger charge is 2.31. The first-order valence-corrected chi connectivity index (χ1v) is 9.87. The molecule has 9 heteroatoms. The van der Waals surface area contributed by atoms with Gasteiger partial charge in [0, 0.05) is 38.5 Å². The van der Waals surface area contributed by atoms with Crippen LogP contribution in [-0.4, -0.2) is 51.9 Å². The van der Waals surface area contributed by atoms with Crippen LogP contribution in [0.15, 0.2) is 54.9 Å². The molecule has 0 bridgehead atoms. The number of nitrogens with zero attached hydrogens (tertiary/aromatic N) is 5. The Morgan fingerprint density at radius 3 is 2.48 bits per heavy atom. The molecule has 160 valence electrons. The molecule has 6 nitrogen and oxygen atoms in total. The van der Waals surface area contributed by atoms with Gasteiger partial charge in [-0.2, -0.15) is 13.2 Å². The maximum Gasteiger partial charge on any atom is 0.417 e. The van der Waals surface area contributed by atoms with E-state index in [0.717, 1.165) is 23.3 Å². The second-order valence-corrected chi connectivity index (χ2v) is 7.19. The minimum Gasteiger partial charge on any atom is -0.355 e. The van der Waals surface area contributed by atoms with Gasteiger partial charge in [-0.05, 0) is 36.8 Å². The maximum absolute atomic E-state index is 12.7. The number of hydrogen-bond acceptors (Lipinski definition) is 5. The van der Waals surface area contributed by atoms with Gasteiger partial charge in [0.2, 0.25) is 5.91 Å². The molecule has 3 heterocycles. The van der Waals surface area contributed by atoms with Gasteiger partial charge < -0.3 is 9.80 Å². The number of carbonyl (C=O) groups excluding carboxylic acids is 1. The van der Waals surface area contributed by atoms with Crippen molar-refractivity contribution in [1.29, 1.82) is 0 Å². The van der Waals surface area contributed by atoms with Crippen LogP contribution in [0.25, 0.3) is 17.1 Å². The van der Waals surface area contributed by atoms with E-state index in [2.05, 4.69) is 15.0 Å². The van der Waals surface area contributed by atoms with Gasteiger partial charge in [0.15, 0.2) is 0 Å². The molecule has 31 heavy (non-hydrogen) atoms. The zero-order chi connectivity index (χ0) is 21.8. The fourth-order valence-electron chi connectivity index (χ4n) is 3.42. The molecule has 0 N–H and O–H groups in total. The van der Waals surface area contributed by atoms with Crippen molar-refractivity contribution in [3.63, 3.8) is 0 Å². The first kappa shape index (κ1) is 20.8. The van der Waals surface area contributed by atoms with Crippen molar-refractivity contribution < 1.29 is 18.0 Å². The van der Waals surface area contributed by atoms with E-state index in [-0.39, 0.29) is 5.91 Å². The van der Waals surface area contributed by atoms with Crippen LogP contribution in [0, 0.1) is 0 Å². The van der Waals surface area contributed by atoms with Crippen LogP contribution < -0.4 is 4.90 Å². The van der Waals surface area contributed by atoms with Crippen molar-refractivity contribution in [1.82, 2.24) is 19.9 Å². The number of benzene rings is 1. The minimum absolute atomic E-state index is 0.141. The summed E-state index contributed by atoms with van der Waals surface area (Å²) >= 11 is 0. The highest BCUT2D eigenvalue weighted by Crippen LogP contribution is 2.29. The predicted molar refractivity (Wildman–Crippen MR) is 111 cm³/mol. The van der Waals surface area contributed by atoms with Crippen LogP contribution in [0.3, 0.4) is 0 Å². The molecular formula is C22H20F3N5O. The summed E-state index contributed by atoms with van der Waals surface area (Å²) in [7, 11) is 0. The maximum atomic E-state index is 12.7. The Kier molecular flexibility index (Phi) is 5.83. The average Bonchev–Trinajstić information content (AvgIpc) is 3.03. The molecule has 0 atom stereocenters. The summed E-state index contributed by atoms with van der Waals surface area (Å²) in [6.45, 7) is 2.12. The number of hydrogen-bond donors (Lipinski definition) is 0. The summed E-state index contributed by atoms with van der Waals surface area (Å²) in [5.74, 6) is 0.335. The van der Waals surface area contributed by atoms with Crippen molar-refractivity contribution in [3.05, 3.63) is 66.1 Å². The first-order chi connectivity index (χ1) is 14.9. The van der Waals surface area contributed by atoms with Gasteiger partial charge in [-0.15, -0.1) is 0 Å². The van der Waals surface area contributed by atoms with E-state index in [1.165, 1.54) is 12.1 Å². The average molecular weight is 427 g/mol. The summed E-state index contributed by atoms with van der Waals surface area (Å²) < 4.78 is 38.2. The minimum atomic E-state index is -4.41. The molecule has 1 aliphatic heterocycles. The number of fused-ring (bicyclic) bond motifs is 1. The Morgan fingerprint density at radius 1 is 0.935 bits per heavy atom. The zero-order valence-corrected chi connectivity index (χ0v) is 16.6. The van der Waals surface area contributed by atoms with Gasteiger partial charge in [-0.1, -0.05) is 12.1 Å². The van der Waals surface area contributed by atoms with Crippen molar-refractivity contribution in [2.24, 2.45) is 0 Å². The molecule has 0 unspecified atom stereocenters. The van der Waals surface area contributed by atoms with E-state index in [1.54, 1.807) is 17.2 Å². The monoisotopic (exact) mass is 427 g/mol. The van der Waals surface area contributed by atoms with Gasteiger partial charge in [0.05, 0.1) is 28.5 Å². The van der Waals surface area contributed by atoms with Crippen molar-refractivity contribution >= 4 is 28.8 Å². The number of alkyl halides is 3. The second-order valence-electron chi connectivity index (χ2n) is 7.19. The summed E-state index contributed by atoms with van der Waals surface area (Å²) in [6, 6.07) is 9.90. The van der Waals surface area contributed by atoms with Gasteiger partial charge in [0.25, 0.3) is 0 Å². The predicted octanol–water partition coefficient (Wildman–Crippen LogP) is 3.80. The molecular weight excluding hydrogens is 407 g/mol. The van der Waals surface area contributed by atoms with Crippen LogP contribution in [0.5, 0.6) is 0 Å². The van der Waals surface area contributed by atoms with Crippen molar-refractivity contribution in [3.8, 4) is 0 Å². The topological polar surface area (TPSA) is 62.2 Å². The fraction of sp³-hybridized carbons (Fsp3) is 0.273. The Bertz CT molecular complexity index is 1100. The molecule has 0 saturated carbocycles. The summed E-state index contributed by atoms with van der Waals surface area (Å²) in [5, 5.41) is 0. The summed E-state index contributed by atoms with van der Waals surface area (Å²) in [6.07, 6.45) is 1.86. The van der Waals surface area contributed by atoms with Gasteiger partial charge >= 0.3 is 6.18 Å². The van der Waals surface area contributed by atoms with E-state index in [4.69, 9.17) is 0 Å². The molecule has 1 aromatic carbocycles. The van der Waals surface area contributed by atoms with E-state index in [9.17, 15) is 18.0 Å². The SMILES string of the molecule is O=C(/C=C/c1cnc2ccccc2n1)N1CCCN(c2ccc(C(F)(F)F)cn2)CC1. The Morgan fingerprint density at radius 2 is 1.74 bits per heavy atom. The molecule has 0 spiro atoms. The van der Waals surface area contributed by atoms with Crippen LogP contribution in [0.4, 0.5) is 19.0 Å². The molecule has 0 aliphatic carbocycles. The number of amides is 1. The van der Waals surface area contributed by atoms with E-state index < -0.39 is 11.7 Å². The molecule has 1 saturated heterocycles. The lowest BCUT2D eigenvalue weighted by atomic mass is 10.2. The van der Waals surface area contributed by atoms with Gasteiger partial charge in [-0.3, -0.25) is 9.78 Å². The lowest BCUT2D eigenvalue weighted by Crippen LogP contribution is -2.34. The number of rotatable bonds is 3. The number of halogens is 3. The molecule has 3 aromatic rings. The molecule has 4 rings (SSSR count). The number of pyridine rings is 1.